The molecule has 0 atom stereocenters. The molecule has 0 unspecified atom stereocenters. The van der Waals surface area contributed by atoms with Gasteiger partial charge in [0.2, 0.25) is 0 Å². The number of hydrogen-bond donors (Lipinski definition) is 0. The lowest BCUT2D eigenvalue weighted by Crippen LogP contribution is -2.13. The van der Waals surface area contributed by atoms with E-state index >= 15 is 0 Å². The summed E-state index contributed by atoms with van der Waals surface area (Å²) in [5.41, 5.74) is -2.18. The maximum absolute atomic E-state index is 12.7. The van der Waals surface area contributed by atoms with Crippen molar-refractivity contribution in [1.82, 2.24) is 0 Å². The van der Waals surface area contributed by atoms with Gasteiger partial charge in [0.05, 0.1) is 10.6 Å². The zero-order valence-electron chi connectivity index (χ0n) is 8.82. The van der Waals surface area contributed by atoms with Crippen LogP contribution in [0.3, 0.4) is 0 Å². The molecule has 100 valence electrons. The Kier molecular flexibility index (Phi) is 4.16. The largest absolute Gasteiger partial charge is 0.435 e. The zero-order chi connectivity index (χ0) is 14.1. The lowest BCUT2D eigenvalue weighted by molar-refractivity contribution is -0.138. The number of carbonyl (C=O) groups excluding carboxylic acids is 1. The highest BCUT2D eigenvalue weighted by Crippen LogP contribution is 2.38. The summed E-state index contributed by atoms with van der Waals surface area (Å²) in [5.74, 6) is -1.68. The Hall–Kier alpha value is -1.37. The lowest BCUT2D eigenvalue weighted by atomic mass is 10.0. The number of Topliss-reactive ketones (excluding diaryl/α,β-unsaturated/α-hetero) is 1. The molecule has 0 aliphatic carbocycles. The number of alkyl halides is 5. The van der Waals surface area contributed by atoms with Crippen molar-refractivity contribution >= 4 is 17.4 Å². The second kappa shape index (κ2) is 5.09. The van der Waals surface area contributed by atoms with E-state index in [0.717, 1.165) is 13.0 Å². The Morgan fingerprint density at radius 2 is 1.89 bits per heavy atom. The van der Waals surface area contributed by atoms with Gasteiger partial charge in [-0.05, 0) is 19.1 Å². The summed E-state index contributed by atoms with van der Waals surface area (Å²) in [4.78, 5) is 11.1. The molecule has 18 heavy (non-hydrogen) atoms. The fourth-order valence-corrected chi connectivity index (χ4v) is 1.68. The van der Waals surface area contributed by atoms with Gasteiger partial charge in [-0.1, -0.05) is 11.6 Å². The molecule has 0 N–H and O–H groups in total. The topological polar surface area (TPSA) is 26.3 Å². The minimum absolute atomic E-state index is 0.314. The molecular formula is C10H6ClF5O2. The summed E-state index contributed by atoms with van der Waals surface area (Å²) in [5, 5.41) is -0.590. The quantitative estimate of drug-likeness (QED) is 0.616. The highest BCUT2D eigenvalue weighted by Gasteiger charge is 2.36. The first-order chi connectivity index (χ1) is 8.12. The molecular weight excluding hydrogens is 283 g/mol. The van der Waals surface area contributed by atoms with Crippen LogP contribution in [0.2, 0.25) is 5.02 Å². The predicted molar refractivity (Wildman–Crippen MR) is 53.1 cm³/mol. The highest BCUT2D eigenvalue weighted by molar-refractivity contribution is 6.34. The SMILES string of the molecule is CC(=O)c1c(Cl)cc(OC(F)F)cc1C(F)(F)F. The van der Waals surface area contributed by atoms with E-state index in [4.69, 9.17) is 11.6 Å². The van der Waals surface area contributed by atoms with E-state index in [2.05, 4.69) is 4.74 Å². The monoisotopic (exact) mass is 288 g/mol. The maximum Gasteiger partial charge on any atom is 0.417 e. The zero-order valence-corrected chi connectivity index (χ0v) is 9.57. The number of ether oxygens (including phenoxy) is 1. The van der Waals surface area contributed by atoms with Crippen molar-refractivity contribution in [2.45, 2.75) is 19.7 Å². The lowest BCUT2D eigenvalue weighted by Gasteiger charge is -2.14. The smallest absolute Gasteiger partial charge is 0.417 e. The van der Waals surface area contributed by atoms with Gasteiger partial charge in [0, 0.05) is 5.56 Å². The number of halogens is 6. The molecule has 1 aromatic rings. The molecule has 0 radical (unpaired) electrons. The van der Waals surface area contributed by atoms with Crippen LogP contribution in [-0.2, 0) is 6.18 Å². The summed E-state index contributed by atoms with van der Waals surface area (Å²) in [7, 11) is 0. The van der Waals surface area contributed by atoms with Crippen LogP contribution in [0.4, 0.5) is 22.0 Å². The second-order valence-electron chi connectivity index (χ2n) is 3.26. The summed E-state index contributed by atoms with van der Waals surface area (Å²) in [6, 6.07) is 1.05. The number of hydrogen-bond acceptors (Lipinski definition) is 2. The second-order valence-corrected chi connectivity index (χ2v) is 3.67. The van der Waals surface area contributed by atoms with Gasteiger partial charge >= 0.3 is 12.8 Å². The molecule has 1 rings (SSSR count). The van der Waals surface area contributed by atoms with E-state index < -0.39 is 40.5 Å². The molecule has 0 amide bonds. The van der Waals surface area contributed by atoms with Gasteiger partial charge < -0.3 is 4.74 Å². The molecule has 1 aromatic carbocycles. The van der Waals surface area contributed by atoms with Crippen molar-refractivity contribution in [1.29, 1.82) is 0 Å². The Morgan fingerprint density at radius 3 is 2.28 bits per heavy atom. The summed E-state index contributed by atoms with van der Waals surface area (Å²) >= 11 is 5.47. The maximum atomic E-state index is 12.7. The van der Waals surface area contributed by atoms with Crippen molar-refractivity contribution in [3.05, 3.63) is 28.3 Å². The molecule has 0 saturated carbocycles. The normalized spacial score (nSPS) is 11.8. The van der Waals surface area contributed by atoms with E-state index in [1.54, 1.807) is 0 Å². The van der Waals surface area contributed by atoms with Crippen molar-refractivity contribution in [2.75, 3.05) is 0 Å². The molecule has 0 aliphatic heterocycles. The van der Waals surface area contributed by atoms with Gasteiger partial charge in [-0.3, -0.25) is 4.79 Å². The van der Waals surface area contributed by atoms with E-state index in [9.17, 15) is 26.7 Å². The minimum Gasteiger partial charge on any atom is -0.435 e. The van der Waals surface area contributed by atoms with Crippen LogP contribution >= 0.6 is 11.6 Å². The number of rotatable bonds is 3. The molecule has 8 heteroatoms. The van der Waals surface area contributed by atoms with Gasteiger partial charge in [-0.15, -0.1) is 0 Å². The van der Waals surface area contributed by atoms with Crippen molar-refractivity contribution in [3.63, 3.8) is 0 Å². The van der Waals surface area contributed by atoms with Gasteiger partial charge in [-0.25, -0.2) is 0 Å². The summed E-state index contributed by atoms with van der Waals surface area (Å²) < 4.78 is 65.6. The third kappa shape index (κ3) is 3.32. The summed E-state index contributed by atoms with van der Waals surface area (Å²) in [6.45, 7) is -2.39. The Morgan fingerprint density at radius 1 is 1.33 bits per heavy atom. The molecule has 0 fully saturated rings. The molecule has 0 spiro atoms. The fourth-order valence-electron chi connectivity index (χ4n) is 1.33. The van der Waals surface area contributed by atoms with Crippen molar-refractivity contribution in [2.24, 2.45) is 0 Å². The highest BCUT2D eigenvalue weighted by atomic mass is 35.5. The average molecular weight is 289 g/mol. The average Bonchev–Trinajstić information content (AvgIpc) is 2.12. The van der Waals surface area contributed by atoms with Crippen LogP contribution in [0.1, 0.15) is 22.8 Å². The van der Waals surface area contributed by atoms with Crippen LogP contribution in [0, 0.1) is 0 Å². The van der Waals surface area contributed by atoms with Gasteiger partial charge in [0.1, 0.15) is 5.75 Å². The van der Waals surface area contributed by atoms with Crippen LogP contribution < -0.4 is 4.74 Å². The van der Waals surface area contributed by atoms with Crippen LogP contribution in [-0.4, -0.2) is 12.4 Å². The molecule has 0 aromatic heterocycles. The minimum atomic E-state index is -4.90. The number of carbonyl (C=O) groups is 1. The van der Waals surface area contributed by atoms with Gasteiger partial charge in [0.15, 0.2) is 5.78 Å². The van der Waals surface area contributed by atoms with Crippen LogP contribution in [0.25, 0.3) is 0 Å². The summed E-state index contributed by atoms with van der Waals surface area (Å²) in [6.07, 6.45) is -4.90. The Balaban J connectivity index is 3.43. The number of ketones is 1. The molecule has 0 bridgehead atoms. The first-order valence-corrected chi connectivity index (χ1v) is 4.87. The van der Waals surface area contributed by atoms with Gasteiger partial charge in [0.25, 0.3) is 0 Å². The molecule has 0 aliphatic rings. The van der Waals surface area contributed by atoms with E-state index in [1.807, 2.05) is 0 Å². The fraction of sp³-hybridized carbons (Fsp3) is 0.300. The first kappa shape index (κ1) is 14.7. The van der Waals surface area contributed by atoms with E-state index in [0.29, 0.717) is 6.07 Å². The predicted octanol–water partition coefficient (Wildman–Crippen LogP) is 4.16. The van der Waals surface area contributed by atoms with E-state index in [1.165, 1.54) is 0 Å². The molecule has 0 heterocycles. The first-order valence-electron chi connectivity index (χ1n) is 4.49. The standard InChI is InChI=1S/C10H6ClF5O2/c1-4(17)8-6(10(14,15)16)2-5(3-7(8)11)18-9(12)13/h2-3,9H,1H3. The third-order valence-corrected chi connectivity index (χ3v) is 2.24. The molecule has 0 saturated heterocycles. The van der Waals surface area contributed by atoms with Crippen molar-refractivity contribution in [3.8, 4) is 5.75 Å². The Labute approximate surface area is 103 Å². The Bertz CT molecular complexity index is 470. The molecule has 2 nitrogen and oxygen atoms in total. The number of benzene rings is 1. The van der Waals surface area contributed by atoms with Crippen molar-refractivity contribution < 1.29 is 31.5 Å². The van der Waals surface area contributed by atoms with Gasteiger partial charge in [-0.2, -0.15) is 22.0 Å². The van der Waals surface area contributed by atoms with Crippen LogP contribution in [0.5, 0.6) is 5.75 Å². The third-order valence-electron chi connectivity index (χ3n) is 1.95. The van der Waals surface area contributed by atoms with Crippen LogP contribution in [0.15, 0.2) is 12.1 Å². The van der Waals surface area contributed by atoms with E-state index in [-0.39, 0.29) is 0 Å².